The molecule has 0 aliphatic carbocycles. The monoisotopic (exact) mass is 1390 g/mol. The molecule has 7 amide bonds. The topological polar surface area (TPSA) is 408 Å². The fourth-order valence-electron chi connectivity index (χ4n) is 10.7. The van der Waals surface area contributed by atoms with Crippen molar-refractivity contribution in [1.29, 1.82) is 0 Å². The first-order valence-electron chi connectivity index (χ1n) is 30.4. The number of benzene rings is 2. The maximum Gasteiger partial charge on any atom is 0.737 e. The molecule has 2 aromatic carbocycles. The van der Waals surface area contributed by atoms with Gasteiger partial charge >= 0.3 is 19.0 Å². The molecule has 3 aromatic rings. The average Bonchev–Trinajstić information content (AvgIpc) is 1.47. The van der Waals surface area contributed by atoms with Crippen LogP contribution in [0.25, 0.3) is 6.08 Å². The molecule has 3 atom stereocenters. The summed E-state index contributed by atoms with van der Waals surface area (Å²) in [7, 11) is 3.65. The Morgan fingerprint density at radius 3 is 1.99 bits per heavy atom. The number of aldehydes is 1. The number of allylic oxidation sites excluding steroid dienone is 2. The first kappa shape index (κ1) is 76.1. The minimum atomic E-state index is -5.05. The summed E-state index contributed by atoms with van der Waals surface area (Å²) in [5.41, 5.74) is 1.81. The van der Waals surface area contributed by atoms with Crippen molar-refractivity contribution in [2.45, 2.75) is 76.5 Å². The predicted molar refractivity (Wildman–Crippen MR) is 341 cm³/mol. The summed E-state index contributed by atoms with van der Waals surface area (Å²) in [6, 6.07) is 8.25. The maximum absolute atomic E-state index is 17.7. The van der Waals surface area contributed by atoms with E-state index in [1.807, 2.05) is 37.1 Å². The van der Waals surface area contributed by atoms with Gasteiger partial charge in [-0.3, -0.25) is 52.8 Å². The standard InChI is InChI=1S/C59H79BF2N12O20S2/c1-38(93-59(83)65-34-56(80)94-71-54(78)20-21-55(71)79)44-29-42(35-75)51(32-50(44)72(84)85)92-27-24-68(2)23-22-63-57(81)45(36-95(86,87)88)67-53(77)33-64-58(82)46(37-96(89,90)91)66-52(76)19-18-43-28-40(16-12-25-73(3,4)5)48-31-49-41(17-13-26-74(6,7)8)30-47(39-14-10-9-11-15-39)70(49)60(61,62)69(43)48/h9-11,14-15,28-32,35,38,45-46H,12-13,16-27,33-34,36-37H2,1-8H3,(H5-2,63,64,65,66,67,76,77,81,82,83,86,87,88,89,90,91)/p+2. The highest BCUT2D eigenvalue weighted by molar-refractivity contribution is 7.86. The van der Waals surface area contributed by atoms with Crippen LogP contribution in [-0.2, 0) is 76.2 Å². The van der Waals surface area contributed by atoms with Crippen LogP contribution in [0.15, 0.2) is 65.9 Å². The van der Waals surface area contributed by atoms with Crippen LogP contribution < -0.4 is 31.3 Å². The molecular formula is C59H81BF2N12O20S2+2. The zero-order chi connectivity index (χ0) is 71.3. The molecule has 1 fully saturated rings. The number of aromatic nitrogens is 1. The molecule has 3 unspecified atom stereocenters. The summed E-state index contributed by atoms with van der Waals surface area (Å²) < 4.78 is 117. The van der Waals surface area contributed by atoms with Gasteiger partial charge in [0, 0.05) is 80.7 Å². The van der Waals surface area contributed by atoms with E-state index in [0.717, 1.165) is 39.6 Å². The molecule has 37 heteroatoms. The van der Waals surface area contributed by atoms with Gasteiger partial charge in [0.15, 0.2) is 17.7 Å². The van der Waals surface area contributed by atoms with Gasteiger partial charge in [0.05, 0.1) is 84.0 Å². The van der Waals surface area contributed by atoms with Gasteiger partial charge in [-0.2, -0.15) is 16.8 Å². The van der Waals surface area contributed by atoms with E-state index in [-0.39, 0.29) is 78.8 Å². The fraction of sp³-hybridized carbons (Fsp3) is 0.492. The Labute approximate surface area is 552 Å². The van der Waals surface area contributed by atoms with Crippen LogP contribution in [0.2, 0.25) is 0 Å². The van der Waals surface area contributed by atoms with Crippen molar-refractivity contribution in [3.63, 3.8) is 0 Å². The number of amides is 7. The van der Waals surface area contributed by atoms with E-state index in [1.165, 1.54) is 14.0 Å². The van der Waals surface area contributed by atoms with E-state index in [1.54, 1.807) is 53.5 Å². The summed E-state index contributed by atoms with van der Waals surface area (Å²) in [6.45, 7) is -4.34. The van der Waals surface area contributed by atoms with E-state index in [9.17, 15) is 79.2 Å². The minimum Gasteiger partial charge on any atom is -0.491 e. The van der Waals surface area contributed by atoms with E-state index in [2.05, 4.69) is 36.6 Å². The van der Waals surface area contributed by atoms with Gasteiger partial charge in [-0.1, -0.05) is 18.2 Å². The third-order valence-electron chi connectivity index (χ3n) is 15.3. The molecule has 32 nitrogen and oxygen atoms in total. The van der Waals surface area contributed by atoms with Crippen molar-refractivity contribution >= 4 is 98.5 Å². The van der Waals surface area contributed by atoms with Crippen molar-refractivity contribution in [3.8, 4) is 5.75 Å². The smallest absolute Gasteiger partial charge is 0.491 e. The lowest BCUT2D eigenvalue weighted by atomic mass is 9.88. The molecule has 7 N–H and O–H groups in total. The van der Waals surface area contributed by atoms with Crippen LogP contribution in [0.4, 0.5) is 19.1 Å². The first-order valence-corrected chi connectivity index (χ1v) is 33.6. The molecule has 3 aliphatic heterocycles. The Hall–Kier alpha value is -8.88. The van der Waals surface area contributed by atoms with Crippen LogP contribution in [0.3, 0.4) is 0 Å². The van der Waals surface area contributed by atoms with Crippen LogP contribution >= 0.6 is 0 Å². The molecule has 0 radical (unpaired) electrons. The summed E-state index contributed by atoms with van der Waals surface area (Å²) in [5.74, 6) is -10.5. The summed E-state index contributed by atoms with van der Waals surface area (Å²) in [6.07, 6.45) is 2.23. The number of hydroxylamine groups is 2. The van der Waals surface area contributed by atoms with E-state index in [4.69, 9.17) is 9.47 Å². The number of nitrogens with zero attached hydrogens (tertiary/aromatic N) is 7. The van der Waals surface area contributed by atoms with Gasteiger partial charge in [-0.05, 0) is 68.8 Å². The van der Waals surface area contributed by atoms with Crippen molar-refractivity contribution in [2.75, 3.05) is 113 Å². The molecule has 6 rings (SSSR count). The first-order chi connectivity index (χ1) is 44.7. The van der Waals surface area contributed by atoms with Crippen LogP contribution in [0.1, 0.15) is 90.0 Å². The van der Waals surface area contributed by atoms with Gasteiger partial charge in [-0.25, -0.2) is 9.59 Å². The predicted octanol–water partition coefficient (Wildman–Crippen LogP) is 0.668. The number of carbonyl (C=O) groups excluding carboxylic acids is 9. The number of ether oxygens (including phenoxy) is 2. The molecule has 1 saturated heterocycles. The third-order valence-corrected chi connectivity index (χ3v) is 16.8. The number of hydrogen-bond donors (Lipinski definition) is 7. The summed E-state index contributed by atoms with van der Waals surface area (Å²) >= 11 is 0. The molecule has 0 saturated carbocycles. The van der Waals surface area contributed by atoms with Gasteiger partial charge < -0.3 is 72.4 Å². The number of alkyl carbamates (subject to hydrolysis) is 1. The minimum absolute atomic E-state index is 0.0120. The van der Waals surface area contributed by atoms with Crippen LogP contribution in [0, 0.1) is 10.1 Å². The second-order valence-electron chi connectivity index (χ2n) is 25.2. The van der Waals surface area contributed by atoms with Crippen LogP contribution in [-0.4, -0.2) is 251 Å². The van der Waals surface area contributed by atoms with E-state index < -0.39 is 135 Å². The Morgan fingerprint density at radius 1 is 0.812 bits per heavy atom. The molecule has 4 heterocycles. The Kier molecular flexibility index (Phi) is 25.6. The maximum atomic E-state index is 17.7. The number of hydrogen-bond acceptors (Lipinski definition) is 19. The van der Waals surface area contributed by atoms with Crippen LogP contribution in [0.5, 0.6) is 5.75 Å². The van der Waals surface area contributed by atoms with Gasteiger partial charge in [0.1, 0.15) is 48.6 Å². The zero-order valence-electron chi connectivity index (χ0n) is 54.3. The average molecular weight is 1390 g/mol. The number of fused-ring (bicyclic) bond motifs is 2. The van der Waals surface area contributed by atoms with Gasteiger partial charge in [0.25, 0.3) is 37.7 Å². The SMILES string of the molecule is CC(OC(=O)NCC(=O)ON1C(=O)CCC1=O)c1cc(C=O)c(OCCN(C)CCNC(=O)C(CS(=O)(=O)O)NC(=O)CNC(=O)C(CS(=O)(=O)O)NC(=O)CCc2cc(CCC[N+](C)(C)C)c3n2[B-](F)(F)[N+]2=C(c4ccccc4)C=C(CCC[N+](C)(C)C)C2=C3)cc1[N+](=O)[O-]. The second kappa shape index (κ2) is 32.2. The Morgan fingerprint density at radius 2 is 1.41 bits per heavy atom. The Balaban J connectivity index is 1.04. The van der Waals surface area contributed by atoms with Gasteiger partial charge in [-0.15, -0.1) is 5.06 Å². The summed E-state index contributed by atoms with van der Waals surface area (Å²) in [4.78, 5) is 131. The number of rotatable bonds is 36. The number of nitro groups is 1. The lowest BCUT2D eigenvalue weighted by Crippen LogP contribution is -2.55. The molecule has 96 heavy (non-hydrogen) atoms. The largest absolute Gasteiger partial charge is 0.737 e. The van der Waals surface area contributed by atoms with Crippen molar-refractivity contribution in [1.82, 2.24) is 41.0 Å². The quantitative estimate of drug-likeness (QED) is 0.00800. The molecular weight excluding hydrogens is 1310 g/mol. The van der Waals surface area contributed by atoms with Crippen molar-refractivity contribution in [3.05, 3.63) is 110 Å². The zero-order valence-corrected chi connectivity index (χ0v) is 56.0. The van der Waals surface area contributed by atoms with Crippen molar-refractivity contribution < 1.29 is 110 Å². The lowest BCUT2D eigenvalue weighted by Gasteiger charge is -2.32. The second-order valence-corrected chi connectivity index (χ2v) is 28.2. The number of likely N-dealkylation sites (N-methyl/N-ethyl adjacent to an activating group) is 1. The third kappa shape index (κ3) is 22.1. The summed E-state index contributed by atoms with van der Waals surface area (Å²) in [5, 5.41) is 23.0. The molecule has 0 spiro atoms. The lowest BCUT2D eigenvalue weighted by molar-refractivity contribution is -0.870. The highest BCUT2D eigenvalue weighted by atomic mass is 32.2. The highest BCUT2D eigenvalue weighted by Gasteiger charge is 2.55. The number of nitro benzene ring substituents is 1. The van der Waals surface area contributed by atoms with Gasteiger partial charge in [0.2, 0.25) is 23.6 Å². The number of quaternary nitrogens is 2. The van der Waals surface area contributed by atoms with Crippen molar-refractivity contribution in [2.24, 2.45) is 0 Å². The number of imide groups is 1. The number of carbonyl (C=O) groups is 9. The molecule has 1 aromatic heterocycles. The normalized spacial score (nSPS) is 15.5. The molecule has 3 aliphatic rings. The fourth-order valence-corrected chi connectivity index (χ4v) is 12.0. The number of aryl methyl sites for hydroxylation is 2. The highest BCUT2D eigenvalue weighted by Crippen LogP contribution is 2.40. The number of nitrogens with one attached hydrogen (secondary N) is 5. The molecule has 0 bridgehead atoms. The van der Waals surface area contributed by atoms with E-state index in [0.29, 0.717) is 63.6 Å². The Bertz CT molecular complexity index is 3820. The van der Waals surface area contributed by atoms with E-state index >= 15 is 8.63 Å². The number of halogens is 2. The molecule has 524 valence electrons.